The van der Waals surface area contributed by atoms with E-state index < -0.39 is 23.6 Å². The van der Waals surface area contributed by atoms with Gasteiger partial charge in [-0.15, -0.1) is 0 Å². The van der Waals surface area contributed by atoms with E-state index in [1.807, 2.05) is 6.08 Å². The molecule has 0 radical (unpaired) electrons. The SMILES string of the molecule is COC(=O)C(CC#C/C=C/C(C)(C)C)(CCCC(OC)OC)C(=O)OC. The summed E-state index contributed by atoms with van der Waals surface area (Å²) in [6.45, 7) is 6.17. The van der Waals surface area contributed by atoms with E-state index >= 15 is 0 Å². The smallest absolute Gasteiger partial charge is 0.324 e. The second-order valence-electron chi connectivity index (χ2n) is 7.06. The molecule has 0 aliphatic rings. The third kappa shape index (κ3) is 8.03. The first-order valence-electron chi connectivity index (χ1n) is 8.55. The van der Waals surface area contributed by atoms with E-state index in [4.69, 9.17) is 18.9 Å². The van der Waals surface area contributed by atoms with Crippen molar-refractivity contribution in [2.45, 2.75) is 52.7 Å². The number of rotatable bonds is 9. The number of carbonyl (C=O) groups is 2. The van der Waals surface area contributed by atoms with Gasteiger partial charge >= 0.3 is 11.9 Å². The molecule has 148 valence electrons. The van der Waals surface area contributed by atoms with Crippen LogP contribution in [0.3, 0.4) is 0 Å². The number of methoxy groups -OCH3 is 4. The van der Waals surface area contributed by atoms with E-state index in [9.17, 15) is 9.59 Å². The highest BCUT2D eigenvalue weighted by atomic mass is 16.7. The van der Waals surface area contributed by atoms with Gasteiger partial charge in [-0.05, 0) is 30.8 Å². The Kier molecular flexibility index (Phi) is 10.9. The first kappa shape index (κ1) is 24.2. The zero-order chi connectivity index (χ0) is 20.2. The van der Waals surface area contributed by atoms with Crippen molar-refractivity contribution < 1.29 is 28.5 Å². The van der Waals surface area contributed by atoms with E-state index in [1.54, 1.807) is 6.08 Å². The van der Waals surface area contributed by atoms with Crippen molar-refractivity contribution in [1.82, 2.24) is 0 Å². The third-order valence-electron chi connectivity index (χ3n) is 3.88. The van der Waals surface area contributed by atoms with Gasteiger partial charge in [0.05, 0.1) is 14.2 Å². The molecule has 0 bridgehead atoms. The Morgan fingerprint density at radius 3 is 1.96 bits per heavy atom. The molecule has 0 atom stereocenters. The molecule has 0 aromatic heterocycles. The molecule has 0 saturated carbocycles. The van der Waals surface area contributed by atoms with E-state index in [-0.39, 0.29) is 18.3 Å². The van der Waals surface area contributed by atoms with Gasteiger partial charge < -0.3 is 18.9 Å². The molecule has 0 fully saturated rings. The lowest BCUT2D eigenvalue weighted by Crippen LogP contribution is -2.41. The van der Waals surface area contributed by atoms with E-state index in [0.717, 1.165) is 0 Å². The Morgan fingerprint density at radius 1 is 1.00 bits per heavy atom. The minimum absolute atomic E-state index is 0.00574. The summed E-state index contributed by atoms with van der Waals surface area (Å²) in [5, 5.41) is 0. The van der Waals surface area contributed by atoms with E-state index in [0.29, 0.717) is 12.8 Å². The number of hydrogen-bond acceptors (Lipinski definition) is 6. The summed E-state index contributed by atoms with van der Waals surface area (Å²) in [5.41, 5.74) is -1.45. The summed E-state index contributed by atoms with van der Waals surface area (Å²) < 4.78 is 20.0. The highest BCUT2D eigenvalue weighted by molar-refractivity contribution is 6.00. The Balaban J connectivity index is 5.37. The van der Waals surface area contributed by atoms with Gasteiger partial charge in [0.1, 0.15) is 0 Å². The third-order valence-corrected chi connectivity index (χ3v) is 3.88. The summed E-state index contributed by atoms with van der Waals surface area (Å²) in [5.74, 6) is 4.48. The summed E-state index contributed by atoms with van der Waals surface area (Å²) in [6.07, 6.45) is 4.57. The lowest BCUT2D eigenvalue weighted by molar-refractivity contribution is -0.170. The zero-order valence-corrected chi connectivity index (χ0v) is 17.0. The van der Waals surface area contributed by atoms with Crippen molar-refractivity contribution >= 4 is 11.9 Å². The fourth-order valence-corrected chi connectivity index (χ4v) is 2.37. The minimum Gasteiger partial charge on any atom is -0.468 e. The van der Waals surface area contributed by atoms with Crippen LogP contribution < -0.4 is 0 Å². The van der Waals surface area contributed by atoms with Crippen molar-refractivity contribution in [3.63, 3.8) is 0 Å². The normalized spacial score (nSPS) is 12.0. The summed E-state index contributed by atoms with van der Waals surface area (Å²) >= 11 is 0. The van der Waals surface area contributed by atoms with Crippen LogP contribution in [0, 0.1) is 22.7 Å². The van der Waals surface area contributed by atoms with Crippen LogP contribution in [0.2, 0.25) is 0 Å². The average molecular weight is 368 g/mol. The number of hydrogen-bond donors (Lipinski definition) is 0. The molecular formula is C20H32O6. The van der Waals surface area contributed by atoms with Gasteiger partial charge in [0.2, 0.25) is 0 Å². The summed E-state index contributed by atoms with van der Waals surface area (Å²) in [7, 11) is 5.57. The highest BCUT2D eigenvalue weighted by Gasteiger charge is 2.47. The van der Waals surface area contributed by atoms with Gasteiger partial charge in [-0.25, -0.2) is 0 Å². The molecular weight excluding hydrogens is 336 g/mol. The Labute approximate surface area is 157 Å². The first-order chi connectivity index (χ1) is 12.2. The molecule has 0 saturated heterocycles. The topological polar surface area (TPSA) is 71.1 Å². The van der Waals surface area contributed by atoms with Crippen LogP contribution in [0.15, 0.2) is 12.2 Å². The maximum absolute atomic E-state index is 12.4. The highest BCUT2D eigenvalue weighted by Crippen LogP contribution is 2.32. The lowest BCUT2D eigenvalue weighted by Gasteiger charge is -2.26. The summed E-state index contributed by atoms with van der Waals surface area (Å²) in [4.78, 5) is 24.8. The molecule has 0 N–H and O–H groups in total. The van der Waals surface area contributed by atoms with Crippen LogP contribution >= 0.6 is 0 Å². The Hall–Kier alpha value is -1.84. The van der Waals surface area contributed by atoms with Gasteiger partial charge in [0, 0.05) is 20.6 Å². The minimum atomic E-state index is -1.46. The van der Waals surface area contributed by atoms with Gasteiger partial charge in [0.15, 0.2) is 11.7 Å². The maximum atomic E-state index is 12.4. The molecule has 0 aliphatic heterocycles. The molecule has 6 heteroatoms. The van der Waals surface area contributed by atoms with Crippen LogP contribution in [0.5, 0.6) is 0 Å². The Morgan fingerprint density at radius 2 is 1.54 bits per heavy atom. The molecule has 0 aromatic carbocycles. The van der Waals surface area contributed by atoms with E-state index in [2.05, 4.69) is 32.6 Å². The standard InChI is InChI=1S/C20H32O6/c1-19(2,3)13-9-8-10-14-20(17(21)25-6,18(22)26-7)15-11-12-16(23-4)24-5/h9,13,16H,11-12,14-15H2,1-7H3/b13-9+. The zero-order valence-electron chi connectivity index (χ0n) is 17.0. The van der Waals surface area contributed by atoms with Crippen molar-refractivity contribution in [3.8, 4) is 11.8 Å². The van der Waals surface area contributed by atoms with Gasteiger partial charge in [-0.1, -0.05) is 38.7 Å². The van der Waals surface area contributed by atoms with Gasteiger partial charge in [-0.3, -0.25) is 9.59 Å². The van der Waals surface area contributed by atoms with Crippen LogP contribution in [0.1, 0.15) is 46.5 Å². The molecule has 26 heavy (non-hydrogen) atoms. The monoisotopic (exact) mass is 368 g/mol. The van der Waals surface area contributed by atoms with Crippen molar-refractivity contribution in [3.05, 3.63) is 12.2 Å². The Bertz CT molecular complexity index is 513. The van der Waals surface area contributed by atoms with Crippen LogP contribution in [0.25, 0.3) is 0 Å². The average Bonchev–Trinajstić information content (AvgIpc) is 2.61. The lowest BCUT2D eigenvalue weighted by atomic mass is 9.79. The van der Waals surface area contributed by atoms with E-state index in [1.165, 1.54) is 28.4 Å². The number of ether oxygens (including phenoxy) is 4. The molecule has 0 aromatic rings. The maximum Gasteiger partial charge on any atom is 0.324 e. The van der Waals surface area contributed by atoms with Crippen LogP contribution in [0.4, 0.5) is 0 Å². The number of carbonyl (C=O) groups excluding carboxylic acids is 2. The van der Waals surface area contributed by atoms with Crippen molar-refractivity contribution in [1.29, 1.82) is 0 Å². The quantitative estimate of drug-likeness (QED) is 0.270. The number of allylic oxidation sites excluding steroid dienone is 2. The van der Waals surface area contributed by atoms with Crippen molar-refractivity contribution in [2.75, 3.05) is 28.4 Å². The van der Waals surface area contributed by atoms with Gasteiger partial charge in [0.25, 0.3) is 0 Å². The molecule has 0 aliphatic carbocycles. The fraction of sp³-hybridized carbons (Fsp3) is 0.700. The molecule has 0 rings (SSSR count). The predicted octanol–water partition coefficient (Wildman–Crippen LogP) is 3.10. The molecule has 0 heterocycles. The molecule has 0 amide bonds. The molecule has 6 nitrogen and oxygen atoms in total. The van der Waals surface area contributed by atoms with Crippen molar-refractivity contribution in [2.24, 2.45) is 10.8 Å². The van der Waals surface area contributed by atoms with Gasteiger partial charge in [-0.2, -0.15) is 0 Å². The second kappa shape index (κ2) is 11.7. The summed E-state index contributed by atoms with van der Waals surface area (Å²) in [6, 6.07) is 0. The first-order valence-corrected chi connectivity index (χ1v) is 8.55. The van der Waals surface area contributed by atoms with Crippen LogP contribution in [-0.4, -0.2) is 46.7 Å². The predicted molar refractivity (Wildman–Crippen MR) is 99.1 cm³/mol. The molecule has 0 spiro atoms. The van der Waals surface area contributed by atoms with Crippen LogP contribution in [-0.2, 0) is 28.5 Å². The molecule has 0 unspecified atom stereocenters. The fourth-order valence-electron chi connectivity index (χ4n) is 2.37. The number of esters is 2. The largest absolute Gasteiger partial charge is 0.468 e. The second-order valence-corrected chi connectivity index (χ2v) is 7.06.